The third-order valence-electron chi connectivity index (χ3n) is 7.32. The highest BCUT2D eigenvalue weighted by Gasteiger charge is 2.18. The molecule has 1 rings (SSSR count). The highest BCUT2D eigenvalue weighted by Crippen LogP contribution is 2.18. The van der Waals surface area contributed by atoms with E-state index < -0.39 is 46.7 Å². The van der Waals surface area contributed by atoms with E-state index >= 15 is 0 Å². The highest BCUT2D eigenvalue weighted by molar-refractivity contribution is 7.85. The van der Waals surface area contributed by atoms with Gasteiger partial charge in [0.1, 0.15) is 11.9 Å². The Morgan fingerprint density at radius 3 is 1.35 bits per heavy atom. The summed E-state index contributed by atoms with van der Waals surface area (Å²) in [6.07, 6.45) is 9.95. The maximum absolute atomic E-state index is 11.3. The van der Waals surface area contributed by atoms with Crippen LogP contribution in [-0.2, 0) is 16.5 Å². The Morgan fingerprint density at radius 1 is 0.633 bits per heavy atom. The van der Waals surface area contributed by atoms with Crippen molar-refractivity contribution in [1.82, 2.24) is 9.80 Å². The summed E-state index contributed by atoms with van der Waals surface area (Å²) in [5, 5.41) is 62.5. The SMILES string of the molecule is CC(O)CN(CC(C)O)C(=N)C(C)O.CC(O)CN(CC(C)O)CC(C)O.CCCCCCCCCCCCc1ccccc1S(=O)(=O)O. The van der Waals surface area contributed by atoms with Crippen LogP contribution < -0.4 is 0 Å². The summed E-state index contributed by atoms with van der Waals surface area (Å²) in [6.45, 7) is 13.9. The zero-order chi connectivity index (χ0) is 38.0. The average molecular weight is 722 g/mol. The maximum atomic E-state index is 11.3. The molecular weight excluding hydrogens is 650 g/mol. The van der Waals surface area contributed by atoms with E-state index in [0.717, 1.165) is 18.4 Å². The van der Waals surface area contributed by atoms with Gasteiger partial charge in [0.05, 0.1) is 35.4 Å². The molecule has 1 aromatic carbocycles. The number of aliphatic hydroxyl groups is 6. The van der Waals surface area contributed by atoms with E-state index in [1.54, 1.807) is 46.8 Å². The van der Waals surface area contributed by atoms with Crippen LogP contribution in [0, 0.1) is 5.41 Å². The van der Waals surface area contributed by atoms with Crippen molar-refractivity contribution >= 4 is 16.0 Å². The number of amidine groups is 1. The van der Waals surface area contributed by atoms with Crippen LogP contribution in [0.4, 0.5) is 0 Å². The minimum Gasteiger partial charge on any atom is -0.392 e. The zero-order valence-electron chi connectivity index (χ0n) is 31.3. The van der Waals surface area contributed by atoms with Gasteiger partial charge in [-0.2, -0.15) is 8.42 Å². The number of unbranched alkanes of at least 4 members (excludes halogenated alkanes) is 9. The van der Waals surface area contributed by atoms with Gasteiger partial charge in [-0.1, -0.05) is 82.9 Å². The molecule has 0 saturated heterocycles. The van der Waals surface area contributed by atoms with Gasteiger partial charge in [-0.25, -0.2) is 0 Å². The van der Waals surface area contributed by atoms with Gasteiger partial charge in [0, 0.05) is 32.7 Å². The molecule has 0 radical (unpaired) electrons. The quantitative estimate of drug-likeness (QED) is 0.0347. The van der Waals surface area contributed by atoms with Crippen molar-refractivity contribution in [3.8, 4) is 0 Å². The van der Waals surface area contributed by atoms with Gasteiger partial charge in [-0.05, 0) is 66.0 Å². The third-order valence-corrected chi connectivity index (χ3v) is 8.28. The molecule has 0 aliphatic carbocycles. The summed E-state index contributed by atoms with van der Waals surface area (Å²) >= 11 is 0. The van der Waals surface area contributed by atoms with E-state index in [-0.39, 0.29) is 23.8 Å². The fourth-order valence-electron chi connectivity index (χ4n) is 5.28. The van der Waals surface area contributed by atoms with Crippen LogP contribution >= 0.6 is 0 Å². The van der Waals surface area contributed by atoms with E-state index in [4.69, 9.17) is 30.9 Å². The first-order chi connectivity index (χ1) is 22.8. The van der Waals surface area contributed by atoms with Gasteiger partial charge < -0.3 is 35.5 Å². The van der Waals surface area contributed by atoms with E-state index in [0.29, 0.717) is 26.1 Å². The summed E-state index contributed by atoms with van der Waals surface area (Å²) in [7, 11) is -4.10. The first kappa shape index (κ1) is 49.4. The van der Waals surface area contributed by atoms with Crippen LogP contribution in [0.3, 0.4) is 0 Å². The first-order valence-corrected chi connectivity index (χ1v) is 19.4. The Morgan fingerprint density at radius 2 is 1.00 bits per heavy atom. The van der Waals surface area contributed by atoms with Crippen molar-refractivity contribution in [2.45, 2.75) is 161 Å². The lowest BCUT2D eigenvalue weighted by Gasteiger charge is -2.28. The normalized spacial score (nSPS) is 15.2. The standard InChI is InChI=1S/C18H30O3S.C9H20N2O3.C9H21NO3/c1-2-3-4-5-6-7-8-9-10-11-14-17-15-12-13-16-18(17)22(19,20)21;1-6(12)4-11(5-7(2)13)9(10)8(3)14;1-7(11)4-10(5-8(2)12)6-9(3)13/h12-13,15-16H,2-11,14H2,1H3,(H,19,20,21);6-8,10,12-14H,4-5H2,1-3H3;7-9,11-13H,4-6H2,1-3H3. The molecule has 0 heterocycles. The van der Waals surface area contributed by atoms with E-state index in [9.17, 15) is 18.1 Å². The monoisotopic (exact) mass is 721 g/mol. The molecule has 13 heteroatoms. The Bertz CT molecular complexity index is 1020. The molecule has 0 fully saturated rings. The summed E-state index contributed by atoms with van der Waals surface area (Å²) in [5.41, 5.74) is 0.726. The summed E-state index contributed by atoms with van der Waals surface area (Å²) in [5.74, 6) is 0.0202. The fraction of sp³-hybridized carbons (Fsp3) is 0.806. The van der Waals surface area contributed by atoms with Crippen LogP contribution in [0.15, 0.2) is 29.2 Å². The van der Waals surface area contributed by atoms with Crippen molar-refractivity contribution in [2.24, 2.45) is 0 Å². The second-order valence-electron chi connectivity index (χ2n) is 13.4. The molecule has 0 aromatic heterocycles. The second-order valence-corrected chi connectivity index (χ2v) is 14.8. The largest absolute Gasteiger partial charge is 0.392 e. The highest BCUT2D eigenvalue weighted by atomic mass is 32.2. The van der Waals surface area contributed by atoms with Gasteiger partial charge in [-0.15, -0.1) is 0 Å². The molecule has 0 saturated carbocycles. The molecule has 0 amide bonds. The van der Waals surface area contributed by atoms with Gasteiger partial charge >= 0.3 is 0 Å². The van der Waals surface area contributed by atoms with Crippen LogP contribution in [0.2, 0.25) is 0 Å². The lowest BCUT2D eigenvalue weighted by Crippen LogP contribution is -2.44. The van der Waals surface area contributed by atoms with E-state index in [1.807, 2.05) is 11.0 Å². The van der Waals surface area contributed by atoms with Crippen LogP contribution in [0.5, 0.6) is 0 Å². The molecule has 6 unspecified atom stereocenters. The van der Waals surface area contributed by atoms with Crippen molar-refractivity contribution in [2.75, 3.05) is 32.7 Å². The number of nitrogens with zero attached hydrogens (tertiary/aromatic N) is 2. The Labute approximate surface area is 297 Å². The predicted octanol–water partition coefficient (Wildman–Crippen LogP) is 4.24. The van der Waals surface area contributed by atoms with Crippen LogP contribution in [0.25, 0.3) is 0 Å². The van der Waals surface area contributed by atoms with Gasteiger partial charge in [-0.3, -0.25) is 14.9 Å². The number of aryl methyl sites for hydroxylation is 1. The Hall–Kier alpha value is -1.68. The van der Waals surface area contributed by atoms with E-state index in [1.165, 1.54) is 69.3 Å². The molecule has 6 atom stereocenters. The minimum atomic E-state index is -4.10. The average Bonchev–Trinajstić information content (AvgIpc) is 2.96. The van der Waals surface area contributed by atoms with Crippen molar-refractivity contribution in [3.05, 3.63) is 29.8 Å². The van der Waals surface area contributed by atoms with Gasteiger partial charge in [0.15, 0.2) is 0 Å². The zero-order valence-corrected chi connectivity index (χ0v) is 32.2. The molecule has 0 bridgehead atoms. The van der Waals surface area contributed by atoms with Crippen molar-refractivity contribution in [3.63, 3.8) is 0 Å². The summed E-state index contributed by atoms with van der Waals surface area (Å²) < 4.78 is 31.8. The molecule has 0 aliphatic rings. The Balaban J connectivity index is 0. The van der Waals surface area contributed by atoms with Crippen LogP contribution in [0.1, 0.15) is 118 Å². The van der Waals surface area contributed by atoms with Gasteiger partial charge in [0.25, 0.3) is 10.1 Å². The number of hydrogen-bond acceptors (Lipinski definition) is 10. The van der Waals surface area contributed by atoms with Crippen molar-refractivity contribution in [1.29, 1.82) is 5.41 Å². The topological polar surface area (TPSA) is 206 Å². The lowest BCUT2D eigenvalue weighted by molar-refractivity contribution is 0.0530. The molecule has 1 aromatic rings. The predicted molar refractivity (Wildman–Crippen MR) is 198 cm³/mol. The maximum Gasteiger partial charge on any atom is 0.294 e. The van der Waals surface area contributed by atoms with Crippen LogP contribution in [-0.4, -0.2) is 129 Å². The molecular formula is C36H71N3O9S. The molecule has 290 valence electrons. The number of rotatable bonds is 23. The van der Waals surface area contributed by atoms with Crippen molar-refractivity contribution < 1.29 is 43.6 Å². The first-order valence-electron chi connectivity index (χ1n) is 18.0. The fourth-order valence-corrected chi connectivity index (χ4v) is 6.03. The molecule has 0 aliphatic heterocycles. The number of hydrogen-bond donors (Lipinski definition) is 8. The lowest BCUT2D eigenvalue weighted by atomic mass is 10.0. The smallest absolute Gasteiger partial charge is 0.294 e. The number of benzene rings is 1. The second kappa shape index (κ2) is 29.0. The Kier molecular flexibility index (Phi) is 29.2. The summed E-state index contributed by atoms with van der Waals surface area (Å²) in [6, 6.07) is 6.73. The minimum absolute atomic E-state index is 0.0202. The van der Waals surface area contributed by atoms with E-state index in [2.05, 4.69) is 6.92 Å². The van der Waals surface area contributed by atoms with Gasteiger partial charge in [0.2, 0.25) is 0 Å². The molecule has 8 N–H and O–H groups in total. The number of aliphatic hydroxyl groups excluding tert-OH is 6. The molecule has 12 nitrogen and oxygen atoms in total. The molecule has 49 heavy (non-hydrogen) atoms. The summed E-state index contributed by atoms with van der Waals surface area (Å²) in [4.78, 5) is 3.38. The number of nitrogens with one attached hydrogen (secondary N) is 1. The third kappa shape index (κ3) is 29.7. The molecule has 0 spiro atoms.